The molecule has 0 saturated carbocycles. The van der Waals surface area contributed by atoms with Gasteiger partial charge in [-0.3, -0.25) is 49.4 Å². The fraction of sp³-hybridized carbons (Fsp3) is 0.333. The minimum absolute atomic E-state index is 0.0466. The van der Waals surface area contributed by atoms with Crippen LogP contribution in [0.15, 0.2) is 66.7 Å². The molecule has 0 aliphatic rings. The van der Waals surface area contributed by atoms with E-state index in [1.54, 1.807) is 17.0 Å². The molecule has 9 N–H and O–H groups in total. The van der Waals surface area contributed by atoms with Gasteiger partial charge >= 0.3 is 17.9 Å². The monoisotopic (exact) mass is 679 g/mol. The molecule has 0 aromatic heterocycles. The van der Waals surface area contributed by atoms with Crippen LogP contribution in [0.5, 0.6) is 0 Å². The summed E-state index contributed by atoms with van der Waals surface area (Å²) in [4.78, 5) is 73.9. The molecule has 3 aromatic rings. The maximum absolute atomic E-state index is 12.7. The lowest BCUT2D eigenvalue weighted by molar-refractivity contribution is -0.142. The molecule has 1 atom stereocenters. The first kappa shape index (κ1) is 38.0. The van der Waals surface area contributed by atoms with E-state index in [0.29, 0.717) is 5.56 Å². The Hall–Kier alpha value is -5.42. The van der Waals surface area contributed by atoms with E-state index >= 15 is 0 Å². The predicted octanol–water partition coefficient (Wildman–Crippen LogP) is -0.766. The molecule has 0 unspecified atom stereocenters. The third-order valence-corrected chi connectivity index (χ3v) is 7.36. The van der Waals surface area contributed by atoms with Gasteiger partial charge in [0.05, 0.1) is 32.2 Å². The normalized spacial score (nSPS) is 11.7. The van der Waals surface area contributed by atoms with Gasteiger partial charge in [0.15, 0.2) is 0 Å². The number of hydrogen-bond donors (Lipinski definition) is 8. The molecule has 16 nitrogen and oxygen atoms in total. The lowest BCUT2D eigenvalue weighted by Gasteiger charge is -2.25. The largest absolute Gasteiger partial charge is 0.480 e. The Balaban J connectivity index is 1.47. The molecule has 0 spiro atoms. The highest BCUT2D eigenvalue weighted by Gasteiger charge is 2.18. The number of carbonyl (C=O) groups excluding carboxylic acids is 3. The number of benzene rings is 3. The molecular weight excluding hydrogens is 638 g/mol. The standard InChI is InChI=1S/C33H41N7O9/c34-27(16-25-6-3-5-23-4-1-2-7-26(23)25)33(49)38-37-32(48)24-10-8-22(9-11-24)17-36-28(41)19-39(13-12-35-18-29(42)43)14-15-40(20-30(44)45)21-31(46)47/h1-11,27,35H,12-21,34H2,(H,36,41)(H,37,48)(H,38,49)(H,42,43)(H,44,45)(H,46,47)/t27-/m1/s1. The van der Waals surface area contributed by atoms with E-state index in [-0.39, 0.29) is 63.7 Å². The topological polar surface area (TPSA) is 244 Å². The lowest BCUT2D eigenvalue weighted by Crippen LogP contribution is -2.50. The average molecular weight is 680 g/mol. The van der Waals surface area contributed by atoms with Crippen LogP contribution in [-0.2, 0) is 36.9 Å². The average Bonchev–Trinajstić information content (AvgIpc) is 3.06. The SMILES string of the molecule is N[C@H](Cc1cccc2ccccc12)C(=O)NNC(=O)c1ccc(CNC(=O)CN(CCNCC(=O)O)CCN(CC(=O)O)CC(=O)O)cc1. The van der Waals surface area contributed by atoms with Crippen LogP contribution in [0.4, 0.5) is 0 Å². The molecule has 3 aromatic carbocycles. The van der Waals surface area contributed by atoms with Crippen molar-refractivity contribution in [2.75, 3.05) is 52.4 Å². The summed E-state index contributed by atoms with van der Waals surface area (Å²) in [5, 5.41) is 34.5. The van der Waals surface area contributed by atoms with Gasteiger partial charge in [-0.15, -0.1) is 0 Å². The number of carboxylic acids is 3. The molecule has 49 heavy (non-hydrogen) atoms. The number of aliphatic carboxylic acids is 3. The molecule has 16 heteroatoms. The summed E-state index contributed by atoms with van der Waals surface area (Å²) in [7, 11) is 0. The number of nitrogens with zero attached hydrogens (tertiary/aromatic N) is 2. The van der Waals surface area contributed by atoms with Crippen LogP contribution in [-0.4, -0.2) is 119 Å². The van der Waals surface area contributed by atoms with E-state index in [4.69, 9.17) is 21.1 Å². The zero-order chi connectivity index (χ0) is 35.8. The van der Waals surface area contributed by atoms with Crippen molar-refractivity contribution in [3.63, 3.8) is 0 Å². The minimum Gasteiger partial charge on any atom is -0.480 e. The molecule has 0 heterocycles. The third-order valence-electron chi connectivity index (χ3n) is 7.36. The van der Waals surface area contributed by atoms with Gasteiger partial charge < -0.3 is 31.7 Å². The van der Waals surface area contributed by atoms with Crippen LogP contribution in [0.2, 0.25) is 0 Å². The summed E-state index contributed by atoms with van der Waals surface area (Å²) in [6.07, 6.45) is 0.275. The Morgan fingerprint density at radius 2 is 1.37 bits per heavy atom. The molecule has 0 aliphatic carbocycles. The molecule has 0 bridgehead atoms. The smallest absolute Gasteiger partial charge is 0.317 e. The first-order chi connectivity index (χ1) is 23.4. The Kier molecular flexibility index (Phi) is 15.1. The van der Waals surface area contributed by atoms with Gasteiger partial charge in [-0.25, -0.2) is 0 Å². The fourth-order valence-electron chi connectivity index (χ4n) is 4.90. The second-order valence-electron chi connectivity index (χ2n) is 11.2. The summed E-state index contributed by atoms with van der Waals surface area (Å²) in [5.41, 5.74) is 12.7. The van der Waals surface area contributed by atoms with Gasteiger partial charge in [0.2, 0.25) is 5.91 Å². The Bertz CT molecular complexity index is 1600. The van der Waals surface area contributed by atoms with Gasteiger partial charge in [-0.1, -0.05) is 54.6 Å². The zero-order valence-corrected chi connectivity index (χ0v) is 26.8. The first-order valence-electron chi connectivity index (χ1n) is 15.4. The van der Waals surface area contributed by atoms with Gasteiger partial charge in [-0.05, 0) is 40.5 Å². The summed E-state index contributed by atoms with van der Waals surface area (Å²) in [6, 6.07) is 19.0. The maximum atomic E-state index is 12.7. The Labute approximate surface area is 282 Å². The second-order valence-corrected chi connectivity index (χ2v) is 11.2. The summed E-state index contributed by atoms with van der Waals surface area (Å²) in [6.45, 7) is -0.624. The van der Waals surface area contributed by atoms with Crippen LogP contribution >= 0.6 is 0 Å². The highest BCUT2D eigenvalue weighted by molar-refractivity contribution is 5.96. The number of rotatable bonds is 20. The quantitative estimate of drug-likeness (QED) is 0.0541. The molecule has 0 radical (unpaired) electrons. The van der Waals surface area contributed by atoms with Crippen molar-refractivity contribution < 1.29 is 44.1 Å². The van der Waals surface area contributed by atoms with Crippen LogP contribution in [0.1, 0.15) is 21.5 Å². The van der Waals surface area contributed by atoms with Crippen LogP contribution in [0.25, 0.3) is 10.8 Å². The Morgan fingerprint density at radius 3 is 2.04 bits per heavy atom. The molecule has 3 amide bonds. The van der Waals surface area contributed by atoms with Crippen LogP contribution < -0.4 is 27.2 Å². The van der Waals surface area contributed by atoms with Gasteiger partial charge in [0.1, 0.15) is 0 Å². The number of hydrazine groups is 1. The van der Waals surface area contributed by atoms with Crippen LogP contribution in [0.3, 0.4) is 0 Å². The number of nitrogens with two attached hydrogens (primary N) is 1. The number of carboxylic acid groups (broad SMARTS) is 3. The van der Waals surface area contributed by atoms with Crippen molar-refractivity contribution >= 4 is 46.4 Å². The molecular formula is C33H41N7O9. The van der Waals surface area contributed by atoms with E-state index in [2.05, 4.69) is 21.5 Å². The van der Waals surface area contributed by atoms with Gasteiger partial charge in [0.25, 0.3) is 11.8 Å². The zero-order valence-electron chi connectivity index (χ0n) is 26.8. The van der Waals surface area contributed by atoms with Crippen molar-refractivity contribution in [1.29, 1.82) is 0 Å². The molecule has 3 rings (SSSR count). The highest BCUT2D eigenvalue weighted by Crippen LogP contribution is 2.19. The molecule has 0 aliphatic heterocycles. The molecule has 0 fully saturated rings. The maximum Gasteiger partial charge on any atom is 0.317 e. The Morgan fingerprint density at radius 1 is 0.714 bits per heavy atom. The fourth-order valence-corrected chi connectivity index (χ4v) is 4.90. The lowest BCUT2D eigenvalue weighted by atomic mass is 9.99. The van der Waals surface area contributed by atoms with E-state index in [9.17, 15) is 28.8 Å². The first-order valence-corrected chi connectivity index (χ1v) is 15.4. The van der Waals surface area contributed by atoms with E-state index in [1.807, 2.05) is 42.5 Å². The van der Waals surface area contributed by atoms with E-state index in [0.717, 1.165) is 16.3 Å². The van der Waals surface area contributed by atoms with Gasteiger partial charge in [0, 0.05) is 38.3 Å². The van der Waals surface area contributed by atoms with Crippen LogP contribution in [0, 0.1) is 0 Å². The van der Waals surface area contributed by atoms with Crippen molar-refractivity contribution in [1.82, 2.24) is 31.3 Å². The third kappa shape index (κ3) is 13.7. The minimum atomic E-state index is -1.20. The number of carbonyl (C=O) groups is 6. The summed E-state index contributed by atoms with van der Waals surface area (Å²) in [5.74, 6) is -4.94. The van der Waals surface area contributed by atoms with Crippen molar-refractivity contribution in [3.8, 4) is 0 Å². The number of amides is 3. The van der Waals surface area contributed by atoms with E-state index < -0.39 is 48.9 Å². The summed E-state index contributed by atoms with van der Waals surface area (Å²) < 4.78 is 0. The van der Waals surface area contributed by atoms with E-state index in [1.165, 1.54) is 17.0 Å². The summed E-state index contributed by atoms with van der Waals surface area (Å²) >= 11 is 0. The highest BCUT2D eigenvalue weighted by atomic mass is 16.4. The molecule has 0 saturated heterocycles. The van der Waals surface area contributed by atoms with Crippen molar-refractivity contribution in [2.45, 2.75) is 19.0 Å². The number of nitrogens with one attached hydrogen (secondary N) is 4. The second kappa shape index (κ2) is 19.4. The molecule has 262 valence electrons. The van der Waals surface area contributed by atoms with Gasteiger partial charge in [-0.2, -0.15) is 0 Å². The number of fused-ring (bicyclic) bond motifs is 1. The predicted molar refractivity (Wildman–Crippen MR) is 178 cm³/mol. The number of hydrogen-bond acceptors (Lipinski definition) is 10. The van der Waals surface area contributed by atoms with Crippen molar-refractivity contribution in [2.24, 2.45) is 5.73 Å². The van der Waals surface area contributed by atoms with Crippen molar-refractivity contribution in [3.05, 3.63) is 83.4 Å².